The van der Waals surface area contributed by atoms with E-state index in [2.05, 4.69) is 9.98 Å². The second-order valence-electron chi connectivity index (χ2n) is 4.23. The number of nitrogens with zero attached hydrogens (tertiary/aromatic N) is 5. The van der Waals surface area contributed by atoms with Gasteiger partial charge in [0.05, 0.1) is 12.5 Å². The van der Waals surface area contributed by atoms with Crippen LogP contribution in [0.1, 0.15) is 13.8 Å². The van der Waals surface area contributed by atoms with E-state index in [9.17, 15) is 9.18 Å². The number of halogens is 1. The highest BCUT2D eigenvalue weighted by Gasteiger charge is 2.13. The number of aliphatic imine (C=N–C) groups is 1. The molecule has 8 heteroatoms. The monoisotopic (exact) mass is 299 g/mol. The fraction of sp³-hybridized carbons (Fsp3) is 0.500. The minimum Gasteiger partial charge on any atom is -0.369 e. The van der Waals surface area contributed by atoms with Crippen molar-refractivity contribution in [3.63, 3.8) is 0 Å². The first-order valence-corrected chi connectivity index (χ1v) is 6.60. The van der Waals surface area contributed by atoms with Crippen LogP contribution < -0.4 is 5.69 Å². The van der Waals surface area contributed by atoms with Crippen LogP contribution in [0.15, 0.2) is 16.0 Å². The summed E-state index contributed by atoms with van der Waals surface area (Å²) in [6.07, 6.45) is 2.40. The first-order chi connectivity index (χ1) is 9.40. The second kappa shape index (κ2) is 7.09. The molecule has 0 aliphatic rings. The largest absolute Gasteiger partial charge is 0.369 e. The minimum atomic E-state index is -0.697. The average molecular weight is 299 g/mol. The van der Waals surface area contributed by atoms with Gasteiger partial charge in [-0.15, -0.1) is 0 Å². The number of aromatic nitrogens is 2. The van der Waals surface area contributed by atoms with Crippen LogP contribution in [0.5, 0.6) is 0 Å². The van der Waals surface area contributed by atoms with Crippen molar-refractivity contribution in [2.45, 2.75) is 13.8 Å². The SMILES string of the molecule is CCN(CC)C(=S)n1cc(F)c(N=CN(C)C)nc1=O. The van der Waals surface area contributed by atoms with Gasteiger partial charge in [0.25, 0.3) is 0 Å². The zero-order chi connectivity index (χ0) is 15.3. The molecule has 0 saturated heterocycles. The molecule has 0 atom stereocenters. The first kappa shape index (κ1) is 16.2. The molecule has 0 bridgehead atoms. The Bertz CT molecular complexity index is 565. The summed E-state index contributed by atoms with van der Waals surface area (Å²) in [5.41, 5.74) is -0.644. The Labute approximate surface area is 122 Å². The third-order valence-electron chi connectivity index (χ3n) is 2.51. The van der Waals surface area contributed by atoms with Gasteiger partial charge in [0.15, 0.2) is 16.7 Å². The highest BCUT2D eigenvalue weighted by molar-refractivity contribution is 7.80. The summed E-state index contributed by atoms with van der Waals surface area (Å²) >= 11 is 5.17. The second-order valence-corrected chi connectivity index (χ2v) is 4.59. The van der Waals surface area contributed by atoms with Crippen molar-refractivity contribution in [1.82, 2.24) is 19.4 Å². The van der Waals surface area contributed by atoms with Gasteiger partial charge in [0.2, 0.25) is 0 Å². The molecule has 20 heavy (non-hydrogen) atoms. The molecule has 0 saturated carbocycles. The first-order valence-electron chi connectivity index (χ1n) is 6.19. The normalized spacial score (nSPS) is 10.8. The van der Waals surface area contributed by atoms with Crippen LogP contribution in [-0.2, 0) is 0 Å². The van der Waals surface area contributed by atoms with Crippen LogP contribution in [0.4, 0.5) is 10.2 Å². The molecule has 0 aromatic carbocycles. The molecule has 0 fully saturated rings. The van der Waals surface area contributed by atoms with E-state index >= 15 is 0 Å². The lowest BCUT2D eigenvalue weighted by Crippen LogP contribution is -2.40. The molecule has 1 rings (SSSR count). The minimum absolute atomic E-state index is 0.231. The van der Waals surface area contributed by atoms with Crippen LogP contribution >= 0.6 is 12.2 Å². The van der Waals surface area contributed by atoms with Crippen molar-refractivity contribution in [2.75, 3.05) is 27.2 Å². The van der Waals surface area contributed by atoms with Crippen molar-refractivity contribution < 1.29 is 4.39 Å². The Morgan fingerprint density at radius 1 is 1.50 bits per heavy atom. The summed E-state index contributed by atoms with van der Waals surface area (Å²) in [6.45, 7) is 5.06. The smallest absolute Gasteiger partial charge is 0.356 e. The molecular formula is C12H18FN5OS. The molecule has 0 spiro atoms. The fourth-order valence-electron chi connectivity index (χ4n) is 1.47. The van der Waals surface area contributed by atoms with Gasteiger partial charge in [-0.2, -0.15) is 4.98 Å². The van der Waals surface area contributed by atoms with E-state index in [-0.39, 0.29) is 10.9 Å². The van der Waals surface area contributed by atoms with Gasteiger partial charge >= 0.3 is 5.69 Å². The van der Waals surface area contributed by atoms with Crippen molar-refractivity contribution in [3.8, 4) is 0 Å². The van der Waals surface area contributed by atoms with E-state index in [0.717, 1.165) is 10.8 Å². The van der Waals surface area contributed by atoms with Crippen molar-refractivity contribution in [3.05, 3.63) is 22.5 Å². The third kappa shape index (κ3) is 3.83. The predicted molar refractivity (Wildman–Crippen MR) is 81.2 cm³/mol. The van der Waals surface area contributed by atoms with Gasteiger partial charge in [0.1, 0.15) is 0 Å². The highest BCUT2D eigenvalue weighted by Crippen LogP contribution is 2.10. The van der Waals surface area contributed by atoms with E-state index in [4.69, 9.17) is 12.2 Å². The van der Waals surface area contributed by atoms with Crippen LogP contribution in [0.25, 0.3) is 0 Å². The Morgan fingerprint density at radius 3 is 2.60 bits per heavy atom. The van der Waals surface area contributed by atoms with Gasteiger partial charge in [-0.3, -0.25) is 0 Å². The summed E-state index contributed by atoms with van der Waals surface area (Å²) < 4.78 is 14.9. The van der Waals surface area contributed by atoms with E-state index in [1.807, 2.05) is 13.8 Å². The van der Waals surface area contributed by atoms with Crippen molar-refractivity contribution >= 4 is 29.5 Å². The van der Waals surface area contributed by atoms with Crippen LogP contribution in [0.2, 0.25) is 0 Å². The molecule has 6 nitrogen and oxygen atoms in total. The van der Waals surface area contributed by atoms with E-state index in [0.29, 0.717) is 13.1 Å². The van der Waals surface area contributed by atoms with Gasteiger partial charge in [-0.25, -0.2) is 18.7 Å². The van der Waals surface area contributed by atoms with Gasteiger partial charge in [0, 0.05) is 27.2 Å². The van der Waals surface area contributed by atoms with Crippen LogP contribution in [0.3, 0.4) is 0 Å². The molecular weight excluding hydrogens is 281 g/mol. The molecule has 0 amide bonds. The zero-order valence-corrected chi connectivity index (χ0v) is 12.8. The maximum atomic E-state index is 13.9. The van der Waals surface area contributed by atoms with Crippen molar-refractivity contribution in [2.24, 2.45) is 4.99 Å². The Kier molecular flexibility index (Phi) is 5.75. The maximum Gasteiger partial charge on any atom is 0.356 e. The molecule has 0 N–H and O–H groups in total. The Balaban J connectivity index is 3.18. The predicted octanol–water partition coefficient (Wildman–Crippen LogP) is 1.08. The van der Waals surface area contributed by atoms with Crippen LogP contribution in [0, 0.1) is 5.82 Å². The lowest BCUT2D eigenvalue weighted by atomic mass is 10.5. The van der Waals surface area contributed by atoms with E-state index < -0.39 is 11.5 Å². The van der Waals surface area contributed by atoms with Crippen molar-refractivity contribution in [1.29, 1.82) is 0 Å². The number of thiocarbonyl (C=S) groups is 1. The van der Waals surface area contributed by atoms with Gasteiger partial charge in [-0.05, 0) is 26.1 Å². The lowest BCUT2D eigenvalue weighted by molar-refractivity contribution is 0.455. The summed E-state index contributed by atoms with van der Waals surface area (Å²) in [5, 5.41) is 0.231. The highest BCUT2D eigenvalue weighted by atomic mass is 32.1. The molecule has 1 aromatic heterocycles. The standard InChI is InChI=1S/C12H18FN5OS/c1-5-17(6-2)12(20)18-7-9(13)10(15-11(18)19)14-8-16(3)4/h7-8H,5-6H2,1-4H3. The third-order valence-corrected chi connectivity index (χ3v) is 2.97. The molecule has 0 radical (unpaired) electrons. The Morgan fingerprint density at radius 2 is 2.10 bits per heavy atom. The molecule has 1 heterocycles. The van der Waals surface area contributed by atoms with E-state index in [1.165, 1.54) is 6.34 Å². The molecule has 0 unspecified atom stereocenters. The zero-order valence-electron chi connectivity index (χ0n) is 12.0. The quantitative estimate of drug-likeness (QED) is 0.473. The fourth-order valence-corrected chi connectivity index (χ4v) is 1.86. The molecule has 110 valence electrons. The summed E-state index contributed by atoms with van der Waals surface area (Å²) in [6, 6.07) is 0. The summed E-state index contributed by atoms with van der Waals surface area (Å²) in [4.78, 5) is 22.7. The van der Waals surface area contributed by atoms with E-state index in [1.54, 1.807) is 23.9 Å². The molecule has 1 aromatic rings. The molecule has 0 aliphatic heterocycles. The maximum absolute atomic E-state index is 13.9. The number of hydrogen-bond acceptors (Lipinski definition) is 4. The molecule has 0 aliphatic carbocycles. The number of rotatable bonds is 4. The average Bonchev–Trinajstić information content (AvgIpc) is 2.40. The Hall–Kier alpha value is -1.83. The summed E-state index contributed by atoms with van der Waals surface area (Å²) in [7, 11) is 3.47. The number of hydrogen-bond donors (Lipinski definition) is 0. The summed E-state index contributed by atoms with van der Waals surface area (Å²) in [5.74, 6) is -0.945. The van der Waals surface area contributed by atoms with Gasteiger partial charge < -0.3 is 9.80 Å². The topological polar surface area (TPSA) is 53.7 Å². The van der Waals surface area contributed by atoms with Gasteiger partial charge in [-0.1, -0.05) is 0 Å². The van der Waals surface area contributed by atoms with Crippen LogP contribution in [-0.4, -0.2) is 58.0 Å². The lowest BCUT2D eigenvalue weighted by Gasteiger charge is -2.22.